The van der Waals surface area contributed by atoms with Crippen molar-refractivity contribution in [2.24, 2.45) is 0 Å². The molecule has 0 radical (unpaired) electrons. The number of rotatable bonds is 2. The maximum Gasteiger partial charge on any atom is 0.313 e. The van der Waals surface area contributed by atoms with Gasteiger partial charge in [0.25, 0.3) is 0 Å². The molecule has 4 nitrogen and oxygen atoms in total. The first-order chi connectivity index (χ1) is 5.08. The summed E-state index contributed by atoms with van der Waals surface area (Å²) in [6.45, 7) is 0. The summed E-state index contributed by atoms with van der Waals surface area (Å²) < 4.78 is 23.4. The number of nitrogens with zero attached hydrogens (tertiary/aromatic N) is 1. The first kappa shape index (κ1) is 8.38. The second-order valence-electron chi connectivity index (χ2n) is 1.68. The van der Waals surface area contributed by atoms with Crippen molar-refractivity contribution in [2.75, 3.05) is 0 Å². The van der Waals surface area contributed by atoms with Gasteiger partial charge in [-0.15, -0.1) is 0 Å². The van der Waals surface area contributed by atoms with Gasteiger partial charge in [-0.1, -0.05) is 6.07 Å². The Hall–Kier alpha value is -0.720. The molecular formula is C5H5NO3S2. The summed E-state index contributed by atoms with van der Waals surface area (Å²) in [7, 11) is -3.61. The highest BCUT2D eigenvalue weighted by molar-refractivity contribution is 8.27. The van der Waals surface area contributed by atoms with Crippen molar-refractivity contribution in [3.05, 3.63) is 24.4 Å². The largest absolute Gasteiger partial charge is 0.361 e. The van der Waals surface area contributed by atoms with Crippen LogP contribution in [0.15, 0.2) is 24.4 Å². The Labute approximate surface area is 68.9 Å². The zero-order valence-electron chi connectivity index (χ0n) is 5.34. The summed E-state index contributed by atoms with van der Waals surface area (Å²) in [6, 6.07) is 4.74. The van der Waals surface area contributed by atoms with Crippen molar-refractivity contribution in [1.29, 1.82) is 0 Å². The van der Waals surface area contributed by atoms with E-state index in [4.69, 9.17) is 4.55 Å². The van der Waals surface area contributed by atoms with Gasteiger partial charge in [0.2, 0.25) is 5.88 Å². The molecule has 0 spiro atoms. The average Bonchev–Trinajstić information content (AvgIpc) is 1.85. The highest BCUT2D eigenvalue weighted by Crippen LogP contribution is 2.05. The van der Waals surface area contributed by atoms with Gasteiger partial charge in [0, 0.05) is 12.3 Å². The molecule has 0 aliphatic rings. The van der Waals surface area contributed by atoms with E-state index in [9.17, 15) is 4.21 Å². The fourth-order valence-electron chi connectivity index (χ4n) is 0.504. The standard InChI is InChI=1S/C5H5NO3S2/c7-11(8,10)9-5-3-1-2-4-6-5/h1-4H,(H,7,8,10). The van der Waals surface area contributed by atoms with Gasteiger partial charge < -0.3 is 4.18 Å². The maximum absolute atomic E-state index is 10.5. The zero-order chi connectivity index (χ0) is 8.32. The van der Waals surface area contributed by atoms with E-state index in [1.165, 1.54) is 12.3 Å². The van der Waals surface area contributed by atoms with Crippen molar-refractivity contribution in [2.45, 2.75) is 0 Å². The Kier molecular flexibility index (Phi) is 2.38. The highest BCUT2D eigenvalue weighted by Gasteiger charge is 2.01. The molecule has 0 bridgehead atoms. The van der Waals surface area contributed by atoms with Crippen LogP contribution >= 0.6 is 0 Å². The predicted octanol–water partition coefficient (Wildman–Crippen LogP) is 0.595. The lowest BCUT2D eigenvalue weighted by Crippen LogP contribution is -2.05. The summed E-state index contributed by atoms with van der Waals surface area (Å²) in [5.74, 6) is 0.0509. The minimum absolute atomic E-state index is 0.0509. The number of pyridine rings is 1. The highest BCUT2D eigenvalue weighted by atomic mass is 32.9. The first-order valence-electron chi connectivity index (χ1n) is 2.66. The predicted molar refractivity (Wildman–Crippen MR) is 43.0 cm³/mol. The van der Waals surface area contributed by atoms with Crippen molar-refractivity contribution in [1.82, 2.24) is 4.98 Å². The SMILES string of the molecule is O=S(O)(=S)Oc1ccccn1. The average molecular weight is 191 g/mol. The Balaban J connectivity index is 2.82. The van der Waals surface area contributed by atoms with E-state index in [0.717, 1.165) is 0 Å². The Morgan fingerprint density at radius 2 is 2.36 bits per heavy atom. The molecule has 1 unspecified atom stereocenters. The number of hydrogen-bond acceptors (Lipinski definition) is 4. The molecule has 1 rings (SSSR count). The molecule has 6 heteroatoms. The van der Waals surface area contributed by atoms with Gasteiger partial charge in [-0.25, -0.2) is 4.98 Å². The van der Waals surface area contributed by atoms with E-state index in [1.54, 1.807) is 12.1 Å². The molecule has 0 aliphatic heterocycles. The van der Waals surface area contributed by atoms with E-state index in [2.05, 4.69) is 20.4 Å². The topological polar surface area (TPSA) is 59.4 Å². The summed E-state index contributed by atoms with van der Waals surface area (Å²) >= 11 is 4.09. The molecule has 0 saturated carbocycles. The lowest BCUT2D eigenvalue weighted by atomic mass is 10.5. The van der Waals surface area contributed by atoms with Gasteiger partial charge in [-0.2, -0.15) is 4.21 Å². The fourth-order valence-corrected chi connectivity index (χ4v) is 1.03. The molecule has 1 aromatic rings. The molecule has 0 fully saturated rings. The van der Waals surface area contributed by atoms with Gasteiger partial charge in [-0.3, -0.25) is 4.55 Å². The first-order valence-corrected chi connectivity index (χ1v) is 5.02. The molecular weight excluding hydrogens is 186 g/mol. The van der Waals surface area contributed by atoms with Crippen LogP contribution in [0.1, 0.15) is 0 Å². The van der Waals surface area contributed by atoms with Gasteiger partial charge in [0.1, 0.15) is 0 Å². The Bertz CT molecular complexity index is 321. The molecule has 1 heterocycles. The van der Waals surface area contributed by atoms with Gasteiger partial charge in [0.15, 0.2) is 0 Å². The quantitative estimate of drug-likeness (QED) is 0.741. The third-order valence-corrected chi connectivity index (χ3v) is 1.41. The molecule has 1 aromatic heterocycles. The molecule has 0 amide bonds. The molecule has 0 aromatic carbocycles. The normalized spacial score (nSPS) is 15.4. The van der Waals surface area contributed by atoms with Crippen molar-refractivity contribution >= 4 is 20.2 Å². The Morgan fingerprint density at radius 3 is 2.82 bits per heavy atom. The second-order valence-corrected chi connectivity index (χ2v) is 3.96. The van der Waals surface area contributed by atoms with Crippen molar-refractivity contribution < 1.29 is 12.9 Å². The monoisotopic (exact) mass is 191 g/mol. The molecule has 1 atom stereocenters. The molecule has 11 heavy (non-hydrogen) atoms. The van der Waals surface area contributed by atoms with Gasteiger partial charge in [-0.05, 0) is 6.07 Å². The van der Waals surface area contributed by atoms with Crippen LogP contribution in [0.25, 0.3) is 0 Å². The number of aromatic nitrogens is 1. The summed E-state index contributed by atoms with van der Waals surface area (Å²) in [6.07, 6.45) is 1.44. The van der Waals surface area contributed by atoms with Crippen LogP contribution < -0.4 is 4.18 Å². The van der Waals surface area contributed by atoms with Crippen LogP contribution in [0.4, 0.5) is 0 Å². The third-order valence-electron chi connectivity index (χ3n) is 0.828. The van der Waals surface area contributed by atoms with Crippen molar-refractivity contribution in [3.8, 4) is 5.88 Å². The van der Waals surface area contributed by atoms with E-state index >= 15 is 0 Å². The fraction of sp³-hybridized carbons (Fsp3) is 0. The van der Waals surface area contributed by atoms with Crippen LogP contribution in [0.3, 0.4) is 0 Å². The minimum Gasteiger partial charge on any atom is -0.361 e. The summed E-state index contributed by atoms with van der Waals surface area (Å²) in [5, 5.41) is 0. The lowest BCUT2D eigenvalue weighted by Gasteiger charge is -1.99. The Morgan fingerprint density at radius 1 is 1.64 bits per heavy atom. The van der Waals surface area contributed by atoms with Gasteiger partial charge >= 0.3 is 9.05 Å². The van der Waals surface area contributed by atoms with E-state index in [1.807, 2.05) is 0 Å². The maximum atomic E-state index is 10.5. The van der Waals surface area contributed by atoms with Gasteiger partial charge in [0.05, 0.1) is 11.2 Å². The van der Waals surface area contributed by atoms with Crippen LogP contribution in [0.2, 0.25) is 0 Å². The van der Waals surface area contributed by atoms with E-state index < -0.39 is 9.05 Å². The smallest absolute Gasteiger partial charge is 0.313 e. The minimum atomic E-state index is -3.61. The van der Waals surface area contributed by atoms with Crippen LogP contribution in [0, 0.1) is 0 Å². The second kappa shape index (κ2) is 3.12. The van der Waals surface area contributed by atoms with Crippen LogP contribution in [-0.2, 0) is 20.2 Å². The number of hydrogen-bond donors (Lipinski definition) is 1. The van der Waals surface area contributed by atoms with E-state index in [0.29, 0.717) is 0 Å². The third kappa shape index (κ3) is 3.26. The van der Waals surface area contributed by atoms with Crippen LogP contribution in [0.5, 0.6) is 5.88 Å². The molecule has 60 valence electrons. The molecule has 1 N–H and O–H groups in total. The molecule has 0 aliphatic carbocycles. The van der Waals surface area contributed by atoms with Crippen molar-refractivity contribution in [3.63, 3.8) is 0 Å². The van der Waals surface area contributed by atoms with Crippen LogP contribution in [-0.4, -0.2) is 13.7 Å². The lowest BCUT2D eigenvalue weighted by molar-refractivity contribution is 0.446. The summed E-state index contributed by atoms with van der Waals surface area (Å²) in [4.78, 5) is 3.64. The molecule has 0 saturated heterocycles. The zero-order valence-corrected chi connectivity index (χ0v) is 6.97. The summed E-state index contributed by atoms with van der Waals surface area (Å²) in [5.41, 5.74) is 0. The van der Waals surface area contributed by atoms with E-state index in [-0.39, 0.29) is 5.88 Å².